The fourth-order valence-electron chi connectivity index (χ4n) is 1.96. The number of halogens is 3. The quantitative estimate of drug-likeness (QED) is 0.679. The van der Waals surface area contributed by atoms with E-state index in [1.165, 1.54) is 13.0 Å². The number of nitro groups is 1. The molecule has 110 valence electrons. The van der Waals surface area contributed by atoms with Crippen molar-refractivity contribution in [3.8, 4) is 0 Å². The number of rotatable bonds is 2. The van der Waals surface area contributed by atoms with E-state index in [0.29, 0.717) is 6.07 Å². The maximum absolute atomic E-state index is 12.7. The molecular weight excluding hydrogens is 293 g/mol. The topological polar surface area (TPSA) is 93.3 Å². The first kappa shape index (κ1) is 14.7. The van der Waals surface area contributed by atoms with Gasteiger partial charge >= 0.3 is 12.1 Å². The molecule has 0 saturated heterocycles. The standard InChI is InChI=1S/C12H7F3N2O4/c1-5-2-3-7-9(10(5)17(20)21)6(11(18)19)4-8(16-7)12(13,14)15/h2-4H,1H3,(H,18,19). The number of benzene rings is 1. The van der Waals surface area contributed by atoms with Gasteiger partial charge in [-0.25, -0.2) is 9.78 Å². The van der Waals surface area contributed by atoms with Crippen LogP contribution in [0.1, 0.15) is 21.6 Å². The molecule has 1 aromatic heterocycles. The molecule has 6 nitrogen and oxygen atoms in total. The minimum Gasteiger partial charge on any atom is -0.478 e. The van der Waals surface area contributed by atoms with E-state index in [2.05, 4.69) is 4.98 Å². The summed E-state index contributed by atoms with van der Waals surface area (Å²) in [4.78, 5) is 24.7. The molecular formula is C12H7F3N2O4. The summed E-state index contributed by atoms with van der Waals surface area (Å²) in [5, 5.41) is 19.7. The summed E-state index contributed by atoms with van der Waals surface area (Å²) in [6.45, 7) is 1.36. The van der Waals surface area contributed by atoms with Gasteiger partial charge in [-0.05, 0) is 19.1 Å². The molecule has 2 aromatic rings. The van der Waals surface area contributed by atoms with Crippen LogP contribution in [-0.4, -0.2) is 21.0 Å². The summed E-state index contributed by atoms with van der Waals surface area (Å²) in [5.74, 6) is -1.69. The Morgan fingerprint density at radius 1 is 1.38 bits per heavy atom. The van der Waals surface area contributed by atoms with E-state index >= 15 is 0 Å². The van der Waals surface area contributed by atoms with Crippen molar-refractivity contribution < 1.29 is 28.0 Å². The lowest BCUT2D eigenvalue weighted by atomic mass is 10.0. The zero-order valence-electron chi connectivity index (χ0n) is 10.4. The number of aromatic carboxylic acids is 1. The van der Waals surface area contributed by atoms with Crippen molar-refractivity contribution in [1.82, 2.24) is 4.98 Å². The smallest absolute Gasteiger partial charge is 0.433 e. The van der Waals surface area contributed by atoms with Crippen LogP contribution < -0.4 is 0 Å². The predicted octanol–water partition coefficient (Wildman–Crippen LogP) is 3.17. The lowest BCUT2D eigenvalue weighted by molar-refractivity contribution is -0.383. The largest absolute Gasteiger partial charge is 0.478 e. The van der Waals surface area contributed by atoms with Gasteiger partial charge in [0.25, 0.3) is 5.69 Å². The number of fused-ring (bicyclic) bond motifs is 1. The van der Waals surface area contributed by atoms with Gasteiger partial charge in [0.2, 0.25) is 0 Å². The number of hydrogen-bond donors (Lipinski definition) is 1. The third kappa shape index (κ3) is 2.49. The van der Waals surface area contributed by atoms with E-state index in [0.717, 1.165) is 6.07 Å². The number of hydrogen-bond acceptors (Lipinski definition) is 4. The third-order valence-electron chi connectivity index (χ3n) is 2.85. The van der Waals surface area contributed by atoms with Gasteiger partial charge in [0.05, 0.1) is 21.4 Å². The zero-order valence-corrected chi connectivity index (χ0v) is 10.4. The molecule has 1 heterocycles. The minimum atomic E-state index is -4.85. The van der Waals surface area contributed by atoms with Crippen LogP contribution in [0, 0.1) is 17.0 Å². The molecule has 0 radical (unpaired) electrons. The van der Waals surface area contributed by atoms with E-state index in [-0.39, 0.29) is 11.1 Å². The number of carbonyl (C=O) groups is 1. The molecule has 0 aliphatic rings. The van der Waals surface area contributed by atoms with Gasteiger partial charge in [-0.3, -0.25) is 10.1 Å². The van der Waals surface area contributed by atoms with Crippen molar-refractivity contribution in [3.63, 3.8) is 0 Å². The summed E-state index contributed by atoms with van der Waals surface area (Å²) in [7, 11) is 0. The SMILES string of the molecule is Cc1ccc2nc(C(F)(F)F)cc(C(=O)O)c2c1[N+](=O)[O-]. The first-order valence-corrected chi connectivity index (χ1v) is 5.52. The van der Waals surface area contributed by atoms with Gasteiger partial charge in [0, 0.05) is 5.56 Å². The van der Waals surface area contributed by atoms with E-state index in [9.17, 15) is 28.1 Å². The van der Waals surface area contributed by atoms with Gasteiger partial charge in [-0.2, -0.15) is 13.2 Å². The number of aromatic nitrogens is 1. The van der Waals surface area contributed by atoms with Crippen molar-refractivity contribution in [2.45, 2.75) is 13.1 Å². The Kier molecular flexibility index (Phi) is 3.28. The Labute approximate surface area is 115 Å². The molecule has 0 saturated carbocycles. The molecule has 0 spiro atoms. The summed E-state index contributed by atoms with van der Waals surface area (Å²) in [5.41, 5.74) is -3.03. The Hall–Kier alpha value is -2.71. The summed E-state index contributed by atoms with van der Waals surface area (Å²) in [6, 6.07) is 2.65. The monoisotopic (exact) mass is 300 g/mol. The molecule has 1 N–H and O–H groups in total. The highest BCUT2D eigenvalue weighted by atomic mass is 19.4. The number of nitro benzene ring substituents is 1. The second-order valence-corrected chi connectivity index (χ2v) is 4.24. The van der Waals surface area contributed by atoms with E-state index in [4.69, 9.17) is 5.11 Å². The highest BCUT2D eigenvalue weighted by Crippen LogP contribution is 2.35. The van der Waals surface area contributed by atoms with E-state index in [1.54, 1.807) is 0 Å². The Morgan fingerprint density at radius 2 is 2.00 bits per heavy atom. The third-order valence-corrected chi connectivity index (χ3v) is 2.85. The first-order chi connectivity index (χ1) is 9.62. The van der Waals surface area contributed by atoms with Gasteiger partial charge in [0.1, 0.15) is 5.69 Å². The van der Waals surface area contributed by atoms with Gasteiger partial charge in [-0.1, -0.05) is 6.07 Å². The molecule has 0 aliphatic carbocycles. The second-order valence-electron chi connectivity index (χ2n) is 4.24. The Morgan fingerprint density at radius 3 is 2.48 bits per heavy atom. The van der Waals surface area contributed by atoms with Crippen molar-refractivity contribution in [3.05, 3.63) is 45.1 Å². The van der Waals surface area contributed by atoms with Crippen LogP contribution >= 0.6 is 0 Å². The maximum atomic E-state index is 12.7. The molecule has 0 aliphatic heterocycles. The average molecular weight is 300 g/mol. The molecule has 0 atom stereocenters. The molecule has 0 bridgehead atoms. The van der Waals surface area contributed by atoms with Crippen molar-refractivity contribution in [2.75, 3.05) is 0 Å². The van der Waals surface area contributed by atoms with Crippen molar-refractivity contribution >= 4 is 22.6 Å². The molecule has 9 heteroatoms. The predicted molar refractivity (Wildman–Crippen MR) is 65.1 cm³/mol. The first-order valence-electron chi connectivity index (χ1n) is 5.52. The summed E-state index contributed by atoms with van der Waals surface area (Å²) < 4.78 is 38.1. The van der Waals surface area contributed by atoms with Crippen LogP contribution in [0.25, 0.3) is 10.9 Å². The summed E-state index contributed by atoms with van der Waals surface area (Å²) in [6.07, 6.45) is -4.85. The number of alkyl halides is 3. The fourth-order valence-corrected chi connectivity index (χ4v) is 1.96. The van der Waals surface area contributed by atoms with E-state index in [1.807, 2.05) is 0 Å². The van der Waals surface area contributed by atoms with Gasteiger partial charge in [-0.15, -0.1) is 0 Å². The second kappa shape index (κ2) is 4.69. The van der Waals surface area contributed by atoms with Crippen LogP contribution in [-0.2, 0) is 6.18 Å². The van der Waals surface area contributed by atoms with Crippen LogP contribution in [0.3, 0.4) is 0 Å². The molecule has 2 rings (SSSR count). The van der Waals surface area contributed by atoms with Crippen molar-refractivity contribution in [1.29, 1.82) is 0 Å². The van der Waals surface area contributed by atoms with E-state index < -0.39 is 39.4 Å². The maximum Gasteiger partial charge on any atom is 0.433 e. The molecule has 21 heavy (non-hydrogen) atoms. The van der Waals surface area contributed by atoms with Crippen molar-refractivity contribution in [2.24, 2.45) is 0 Å². The fraction of sp³-hybridized carbons (Fsp3) is 0.167. The highest BCUT2D eigenvalue weighted by molar-refractivity contribution is 6.07. The molecule has 0 fully saturated rings. The number of nitrogens with zero attached hydrogens (tertiary/aromatic N) is 2. The van der Waals surface area contributed by atoms with Crippen LogP contribution in [0.4, 0.5) is 18.9 Å². The molecule has 0 amide bonds. The normalized spacial score (nSPS) is 11.6. The Balaban J connectivity index is 2.99. The number of carboxylic acids is 1. The molecule has 0 unspecified atom stereocenters. The number of pyridine rings is 1. The molecule has 1 aromatic carbocycles. The minimum absolute atomic E-state index is 0.136. The Bertz CT molecular complexity index is 771. The lowest BCUT2D eigenvalue weighted by Crippen LogP contribution is -2.12. The lowest BCUT2D eigenvalue weighted by Gasteiger charge is -2.10. The number of aryl methyl sites for hydroxylation is 1. The van der Waals surface area contributed by atoms with Gasteiger partial charge in [0.15, 0.2) is 0 Å². The van der Waals surface area contributed by atoms with Crippen LogP contribution in [0.2, 0.25) is 0 Å². The summed E-state index contributed by atoms with van der Waals surface area (Å²) >= 11 is 0. The average Bonchev–Trinajstić information content (AvgIpc) is 2.35. The van der Waals surface area contributed by atoms with Gasteiger partial charge < -0.3 is 5.11 Å². The van der Waals surface area contributed by atoms with Crippen LogP contribution in [0.5, 0.6) is 0 Å². The number of carboxylic acid groups (broad SMARTS) is 1. The van der Waals surface area contributed by atoms with Crippen LogP contribution in [0.15, 0.2) is 18.2 Å². The highest BCUT2D eigenvalue weighted by Gasteiger charge is 2.35. The zero-order chi connectivity index (χ0) is 15.9.